The highest BCUT2D eigenvalue weighted by Crippen LogP contribution is 2.17. The summed E-state index contributed by atoms with van der Waals surface area (Å²) in [5.41, 5.74) is 2.77. The monoisotopic (exact) mass is 297 g/mol. The van der Waals surface area contributed by atoms with E-state index in [1.54, 1.807) is 17.8 Å². The molecule has 0 aliphatic rings. The van der Waals surface area contributed by atoms with Crippen molar-refractivity contribution in [2.45, 2.75) is 4.90 Å². The summed E-state index contributed by atoms with van der Waals surface area (Å²) in [5, 5.41) is 0. The summed E-state index contributed by atoms with van der Waals surface area (Å²) in [6, 6.07) is 15.8. The standard InChI is InChI=1S/C18H19NOS/c1-19(2)16-6-4-5-15(13-16)18(20)12-9-14-7-10-17(21-3)11-8-14/h4-13H,1-3H3/b12-9+. The van der Waals surface area contributed by atoms with Gasteiger partial charge in [0.05, 0.1) is 0 Å². The summed E-state index contributed by atoms with van der Waals surface area (Å²) in [5.74, 6) is 0.0210. The Balaban J connectivity index is 2.13. The molecule has 2 nitrogen and oxygen atoms in total. The number of nitrogens with zero attached hydrogens (tertiary/aromatic N) is 1. The summed E-state index contributed by atoms with van der Waals surface area (Å²) < 4.78 is 0. The van der Waals surface area contributed by atoms with Gasteiger partial charge in [-0.15, -0.1) is 11.8 Å². The molecule has 0 atom stereocenters. The fourth-order valence-corrected chi connectivity index (χ4v) is 2.33. The molecule has 0 heterocycles. The van der Waals surface area contributed by atoms with E-state index < -0.39 is 0 Å². The highest BCUT2D eigenvalue weighted by atomic mass is 32.2. The summed E-state index contributed by atoms with van der Waals surface area (Å²) in [7, 11) is 3.93. The second kappa shape index (κ2) is 7.14. The van der Waals surface area contributed by atoms with Crippen molar-refractivity contribution in [2.24, 2.45) is 0 Å². The first kappa shape index (κ1) is 15.4. The van der Waals surface area contributed by atoms with Crippen LogP contribution < -0.4 is 4.90 Å². The Labute approximate surface area is 130 Å². The highest BCUT2D eigenvalue weighted by molar-refractivity contribution is 7.98. The number of thioether (sulfide) groups is 1. The van der Waals surface area contributed by atoms with Gasteiger partial charge in [0, 0.05) is 30.2 Å². The number of anilines is 1. The van der Waals surface area contributed by atoms with Gasteiger partial charge in [-0.2, -0.15) is 0 Å². The molecule has 0 aliphatic heterocycles. The van der Waals surface area contributed by atoms with Crippen LogP contribution in [0.1, 0.15) is 15.9 Å². The molecule has 108 valence electrons. The van der Waals surface area contributed by atoms with E-state index in [4.69, 9.17) is 0 Å². The van der Waals surface area contributed by atoms with Gasteiger partial charge < -0.3 is 4.90 Å². The summed E-state index contributed by atoms with van der Waals surface area (Å²) >= 11 is 1.71. The van der Waals surface area contributed by atoms with Crippen LogP contribution in [-0.2, 0) is 0 Å². The third-order valence-electron chi connectivity index (χ3n) is 3.19. The number of rotatable bonds is 5. The largest absolute Gasteiger partial charge is 0.378 e. The van der Waals surface area contributed by atoms with Crippen LogP contribution >= 0.6 is 11.8 Å². The third-order valence-corrected chi connectivity index (χ3v) is 3.93. The lowest BCUT2D eigenvalue weighted by Gasteiger charge is -2.12. The first-order valence-electron chi connectivity index (χ1n) is 6.74. The maximum Gasteiger partial charge on any atom is 0.185 e. The SMILES string of the molecule is CSc1ccc(/C=C/C(=O)c2cccc(N(C)C)c2)cc1. The maximum absolute atomic E-state index is 12.2. The molecule has 21 heavy (non-hydrogen) atoms. The minimum absolute atomic E-state index is 0.0210. The van der Waals surface area contributed by atoms with Gasteiger partial charge in [-0.05, 0) is 42.2 Å². The minimum Gasteiger partial charge on any atom is -0.378 e. The first-order chi connectivity index (χ1) is 10.1. The molecule has 2 rings (SSSR count). The Kier molecular flexibility index (Phi) is 5.23. The number of benzene rings is 2. The fourth-order valence-electron chi connectivity index (χ4n) is 1.92. The van der Waals surface area contributed by atoms with Gasteiger partial charge in [-0.3, -0.25) is 4.79 Å². The molecule has 0 N–H and O–H groups in total. The zero-order valence-corrected chi connectivity index (χ0v) is 13.4. The summed E-state index contributed by atoms with van der Waals surface area (Å²) in [6.45, 7) is 0. The fraction of sp³-hybridized carbons (Fsp3) is 0.167. The van der Waals surface area contributed by atoms with Crippen molar-refractivity contribution in [3.05, 3.63) is 65.7 Å². The van der Waals surface area contributed by atoms with Crippen LogP contribution in [0, 0.1) is 0 Å². The molecule has 0 amide bonds. The van der Waals surface area contributed by atoms with Gasteiger partial charge in [-0.25, -0.2) is 0 Å². The highest BCUT2D eigenvalue weighted by Gasteiger charge is 2.03. The van der Waals surface area contributed by atoms with Crippen LogP contribution in [-0.4, -0.2) is 26.1 Å². The van der Waals surface area contributed by atoms with Gasteiger partial charge in [0.2, 0.25) is 0 Å². The van der Waals surface area contributed by atoms with Crippen molar-refractivity contribution in [3.8, 4) is 0 Å². The van der Waals surface area contributed by atoms with Crippen molar-refractivity contribution in [3.63, 3.8) is 0 Å². The van der Waals surface area contributed by atoms with E-state index >= 15 is 0 Å². The van der Waals surface area contributed by atoms with E-state index in [2.05, 4.69) is 12.1 Å². The van der Waals surface area contributed by atoms with Gasteiger partial charge >= 0.3 is 0 Å². The third kappa shape index (κ3) is 4.23. The molecule has 0 saturated heterocycles. The van der Waals surface area contributed by atoms with Crippen LogP contribution in [0.15, 0.2) is 59.5 Å². The molecule has 0 radical (unpaired) electrons. The molecular formula is C18H19NOS. The topological polar surface area (TPSA) is 20.3 Å². The summed E-state index contributed by atoms with van der Waals surface area (Å²) in [6.07, 6.45) is 5.53. The second-order valence-corrected chi connectivity index (χ2v) is 5.80. The molecule has 0 bridgehead atoms. The van der Waals surface area contributed by atoms with E-state index in [-0.39, 0.29) is 5.78 Å². The number of hydrogen-bond donors (Lipinski definition) is 0. The van der Waals surface area contributed by atoms with Crippen LogP contribution in [0.25, 0.3) is 6.08 Å². The van der Waals surface area contributed by atoms with Crippen LogP contribution in [0.3, 0.4) is 0 Å². The Morgan fingerprint density at radius 3 is 2.43 bits per heavy atom. The molecule has 0 spiro atoms. The predicted octanol–water partition coefficient (Wildman–Crippen LogP) is 4.37. The molecule has 0 saturated carbocycles. The number of carbonyl (C=O) groups is 1. The van der Waals surface area contributed by atoms with E-state index in [0.29, 0.717) is 5.56 Å². The van der Waals surface area contributed by atoms with Crippen molar-refractivity contribution < 1.29 is 4.79 Å². The van der Waals surface area contributed by atoms with Crippen molar-refractivity contribution in [2.75, 3.05) is 25.3 Å². The van der Waals surface area contributed by atoms with E-state index in [1.807, 2.05) is 67.7 Å². The Bertz CT molecular complexity index is 645. The zero-order valence-electron chi connectivity index (χ0n) is 12.5. The lowest BCUT2D eigenvalue weighted by molar-refractivity contribution is 0.104. The van der Waals surface area contributed by atoms with Crippen LogP contribution in [0.5, 0.6) is 0 Å². The van der Waals surface area contributed by atoms with Gasteiger partial charge in [-0.1, -0.05) is 30.3 Å². The molecule has 2 aromatic carbocycles. The average Bonchev–Trinajstić information content (AvgIpc) is 2.53. The zero-order chi connectivity index (χ0) is 15.2. The van der Waals surface area contributed by atoms with E-state index in [9.17, 15) is 4.79 Å². The quantitative estimate of drug-likeness (QED) is 0.464. The van der Waals surface area contributed by atoms with Gasteiger partial charge in [0.1, 0.15) is 0 Å². The molecule has 2 aromatic rings. The normalized spacial score (nSPS) is 10.8. The van der Waals surface area contributed by atoms with Gasteiger partial charge in [0.15, 0.2) is 5.78 Å². The van der Waals surface area contributed by atoms with E-state index in [1.165, 1.54) is 4.90 Å². The van der Waals surface area contributed by atoms with Crippen molar-refractivity contribution in [1.82, 2.24) is 0 Å². The van der Waals surface area contributed by atoms with Crippen molar-refractivity contribution in [1.29, 1.82) is 0 Å². The number of ketones is 1. The van der Waals surface area contributed by atoms with E-state index in [0.717, 1.165) is 11.3 Å². The minimum atomic E-state index is 0.0210. The number of hydrogen-bond acceptors (Lipinski definition) is 3. The first-order valence-corrected chi connectivity index (χ1v) is 7.96. The Morgan fingerprint density at radius 2 is 1.81 bits per heavy atom. The van der Waals surface area contributed by atoms with Gasteiger partial charge in [0.25, 0.3) is 0 Å². The smallest absolute Gasteiger partial charge is 0.185 e. The molecule has 3 heteroatoms. The van der Waals surface area contributed by atoms with Crippen LogP contribution in [0.4, 0.5) is 5.69 Å². The molecule has 0 aliphatic carbocycles. The lowest BCUT2D eigenvalue weighted by atomic mass is 10.1. The molecular weight excluding hydrogens is 278 g/mol. The molecule has 0 aromatic heterocycles. The number of carbonyl (C=O) groups excluding carboxylic acids is 1. The van der Waals surface area contributed by atoms with Crippen LogP contribution in [0.2, 0.25) is 0 Å². The Hall–Kier alpha value is -2.00. The Morgan fingerprint density at radius 1 is 1.10 bits per heavy atom. The molecule has 0 fully saturated rings. The maximum atomic E-state index is 12.2. The molecule has 0 unspecified atom stereocenters. The van der Waals surface area contributed by atoms with Crippen molar-refractivity contribution >= 4 is 29.3 Å². The lowest BCUT2D eigenvalue weighted by Crippen LogP contribution is -2.09. The number of allylic oxidation sites excluding steroid dienone is 1. The second-order valence-electron chi connectivity index (χ2n) is 4.92. The predicted molar refractivity (Wildman–Crippen MR) is 92.4 cm³/mol. The summed E-state index contributed by atoms with van der Waals surface area (Å²) in [4.78, 5) is 15.4. The average molecular weight is 297 g/mol.